The zero-order chi connectivity index (χ0) is 24.6. The first-order chi connectivity index (χ1) is 16.9. The molecule has 2 saturated heterocycles. The molecular weight excluding hydrogens is 434 g/mol. The van der Waals surface area contributed by atoms with Gasteiger partial charge in [0.25, 0.3) is 0 Å². The van der Waals surface area contributed by atoms with E-state index in [0.717, 1.165) is 67.3 Å². The van der Waals surface area contributed by atoms with Gasteiger partial charge in [0.2, 0.25) is 5.91 Å². The minimum absolute atomic E-state index is 0.264. The Kier molecular flexibility index (Phi) is 6.26. The quantitative estimate of drug-likeness (QED) is 0.476. The lowest BCUT2D eigenvalue weighted by Crippen LogP contribution is -2.49. The Balaban J connectivity index is 1.33. The van der Waals surface area contributed by atoms with Crippen LogP contribution in [0.25, 0.3) is 11.3 Å². The average Bonchev–Trinajstić information content (AvgIpc) is 3.44. The lowest BCUT2D eigenvalue weighted by molar-refractivity contribution is -0.142. The number of fused-ring (bicyclic) bond motifs is 2. The number of carbonyl (C=O) groups excluding carboxylic acids is 1. The molecule has 1 amide bonds. The molecule has 0 unspecified atom stereocenters. The maximum Gasteiger partial charge on any atom is 0.233 e. The highest BCUT2D eigenvalue weighted by molar-refractivity contribution is 5.94. The Morgan fingerprint density at radius 3 is 2.60 bits per heavy atom. The highest BCUT2D eigenvalue weighted by Gasteiger charge is 2.54. The first-order valence-corrected chi connectivity index (χ1v) is 12.5. The Bertz CT molecular complexity index is 1210. The van der Waals surface area contributed by atoms with Crippen LogP contribution in [0.3, 0.4) is 0 Å². The average molecular weight is 469 g/mol. The lowest BCUT2D eigenvalue weighted by Gasteiger charge is -2.42. The van der Waals surface area contributed by atoms with Crippen LogP contribution in [0.15, 0.2) is 87.8 Å². The molecule has 5 nitrogen and oxygen atoms in total. The Morgan fingerprint density at radius 1 is 1.11 bits per heavy atom. The molecule has 3 aliphatic rings. The van der Waals surface area contributed by atoms with Crippen LogP contribution in [-0.4, -0.2) is 41.1 Å². The molecule has 1 aromatic carbocycles. The van der Waals surface area contributed by atoms with E-state index in [2.05, 4.69) is 54.5 Å². The fourth-order valence-electron chi connectivity index (χ4n) is 5.61. The molecule has 0 N–H and O–H groups in total. The van der Waals surface area contributed by atoms with Crippen molar-refractivity contribution in [2.75, 3.05) is 19.6 Å². The molecule has 5 heteroatoms. The number of hydrogen-bond acceptors (Lipinski definition) is 4. The fraction of sp³-hybridized carbons (Fsp3) is 0.367. The van der Waals surface area contributed by atoms with Gasteiger partial charge in [0.1, 0.15) is 11.6 Å². The van der Waals surface area contributed by atoms with Gasteiger partial charge in [-0.3, -0.25) is 4.79 Å². The Labute approximate surface area is 208 Å². The van der Waals surface area contributed by atoms with Gasteiger partial charge in [-0.1, -0.05) is 42.5 Å². The summed E-state index contributed by atoms with van der Waals surface area (Å²) in [5.41, 5.74) is 5.23. The van der Waals surface area contributed by atoms with Crippen molar-refractivity contribution < 1.29 is 9.21 Å². The summed E-state index contributed by atoms with van der Waals surface area (Å²) in [6, 6.07) is 12.1. The molecule has 0 saturated carbocycles. The number of carbonyl (C=O) groups is 1. The summed E-state index contributed by atoms with van der Waals surface area (Å²) in [7, 11) is 0. The van der Waals surface area contributed by atoms with Crippen LogP contribution >= 0.6 is 0 Å². The molecule has 3 heterocycles. The van der Waals surface area contributed by atoms with E-state index >= 15 is 0 Å². The molecule has 2 aromatic rings. The van der Waals surface area contributed by atoms with Gasteiger partial charge in [-0.05, 0) is 69.4 Å². The summed E-state index contributed by atoms with van der Waals surface area (Å²) >= 11 is 0. The van der Waals surface area contributed by atoms with Gasteiger partial charge in [0.05, 0.1) is 11.7 Å². The summed E-state index contributed by atoms with van der Waals surface area (Å²) < 4.78 is 5.67. The van der Waals surface area contributed by atoms with E-state index in [1.54, 1.807) is 6.26 Å². The van der Waals surface area contributed by atoms with Gasteiger partial charge < -0.3 is 14.2 Å². The van der Waals surface area contributed by atoms with Gasteiger partial charge in [-0.15, -0.1) is 0 Å². The molecule has 0 bridgehead atoms. The van der Waals surface area contributed by atoms with E-state index in [0.29, 0.717) is 6.54 Å². The molecule has 181 valence electrons. The minimum atomic E-state index is -0.416. The van der Waals surface area contributed by atoms with Crippen LogP contribution in [0.5, 0.6) is 0 Å². The van der Waals surface area contributed by atoms with Crippen molar-refractivity contribution in [3.63, 3.8) is 0 Å². The smallest absolute Gasteiger partial charge is 0.233 e. The number of amides is 1. The van der Waals surface area contributed by atoms with Gasteiger partial charge in [0.15, 0.2) is 0 Å². The molecule has 1 aliphatic carbocycles. The van der Waals surface area contributed by atoms with Gasteiger partial charge in [-0.25, -0.2) is 4.99 Å². The number of piperidine rings is 1. The summed E-state index contributed by atoms with van der Waals surface area (Å²) in [6.45, 7) is 13.3. The molecule has 2 aliphatic heterocycles. The second-order valence-electron chi connectivity index (χ2n) is 10.2. The largest absolute Gasteiger partial charge is 0.464 e. The number of nitrogens with zero attached hydrogens (tertiary/aromatic N) is 3. The molecule has 35 heavy (non-hydrogen) atoms. The predicted molar refractivity (Wildman–Crippen MR) is 140 cm³/mol. The Hall–Kier alpha value is -3.34. The van der Waals surface area contributed by atoms with Gasteiger partial charge in [-0.2, -0.15) is 0 Å². The van der Waals surface area contributed by atoms with Crippen molar-refractivity contribution in [1.29, 1.82) is 0 Å². The number of rotatable bonds is 6. The maximum atomic E-state index is 14.1. The number of hydrogen-bond donors (Lipinski definition) is 0. The third-order valence-corrected chi connectivity index (χ3v) is 7.39. The van der Waals surface area contributed by atoms with Crippen LogP contribution < -0.4 is 0 Å². The van der Waals surface area contributed by atoms with Gasteiger partial charge >= 0.3 is 0 Å². The topological polar surface area (TPSA) is 49.1 Å². The summed E-state index contributed by atoms with van der Waals surface area (Å²) in [5.74, 6) is 3.27. The van der Waals surface area contributed by atoms with Crippen molar-refractivity contribution in [1.82, 2.24) is 9.80 Å². The third-order valence-electron chi connectivity index (χ3n) is 7.39. The Morgan fingerprint density at radius 2 is 1.89 bits per heavy atom. The number of allylic oxidation sites excluding steroid dienone is 3. The van der Waals surface area contributed by atoms with E-state index in [9.17, 15) is 4.79 Å². The molecule has 5 rings (SSSR count). The van der Waals surface area contributed by atoms with E-state index in [1.165, 1.54) is 17.1 Å². The van der Waals surface area contributed by atoms with E-state index < -0.39 is 5.41 Å². The van der Waals surface area contributed by atoms with Crippen molar-refractivity contribution in [3.8, 4) is 11.3 Å². The van der Waals surface area contributed by atoms with Crippen LogP contribution in [0.2, 0.25) is 0 Å². The number of benzene rings is 1. The second-order valence-corrected chi connectivity index (χ2v) is 10.2. The molecule has 1 spiro atoms. The van der Waals surface area contributed by atoms with Crippen LogP contribution in [-0.2, 0) is 11.3 Å². The summed E-state index contributed by atoms with van der Waals surface area (Å²) in [4.78, 5) is 23.1. The predicted octanol–water partition coefficient (Wildman–Crippen LogP) is 6.17. The lowest BCUT2D eigenvalue weighted by atomic mass is 9.74. The standard InChI is InChI=1S/C30H34N3O2/c1-21(2)18-22(3)31-23(4)32-15-12-30(13-16-32)27-19-24(27)11-14-33(29(30)34)20-25-8-5-6-9-26(25)28-10-7-17-35-28/h5-10,17-19H,4,11-16,20H2,1-3H3/b31-22-. The summed E-state index contributed by atoms with van der Waals surface area (Å²) in [5, 5.41) is 0. The molecule has 1 aromatic heterocycles. The zero-order valence-electron chi connectivity index (χ0n) is 21.0. The highest BCUT2D eigenvalue weighted by Crippen LogP contribution is 2.55. The van der Waals surface area contributed by atoms with Crippen molar-refractivity contribution in [2.45, 2.75) is 46.6 Å². The molecular formula is C30H34N3O2. The summed E-state index contributed by atoms with van der Waals surface area (Å²) in [6.07, 6.45) is 8.56. The van der Waals surface area contributed by atoms with Crippen LogP contribution in [0, 0.1) is 11.3 Å². The van der Waals surface area contributed by atoms with Gasteiger partial charge in [0, 0.05) is 43.4 Å². The van der Waals surface area contributed by atoms with Crippen LogP contribution in [0.1, 0.15) is 45.6 Å². The first kappa shape index (κ1) is 23.4. The second kappa shape index (κ2) is 9.37. The molecule has 1 radical (unpaired) electrons. The minimum Gasteiger partial charge on any atom is -0.464 e. The number of likely N-dealkylation sites (tertiary alicyclic amines) is 2. The fourth-order valence-corrected chi connectivity index (χ4v) is 5.61. The zero-order valence-corrected chi connectivity index (χ0v) is 21.0. The number of furan rings is 1. The third kappa shape index (κ3) is 4.64. The normalized spacial score (nSPS) is 19.8. The van der Waals surface area contributed by atoms with Crippen molar-refractivity contribution in [2.24, 2.45) is 10.4 Å². The van der Waals surface area contributed by atoms with E-state index in [4.69, 9.17) is 9.41 Å². The highest BCUT2D eigenvalue weighted by atomic mass is 16.3. The molecule has 0 atom stereocenters. The van der Waals surface area contributed by atoms with E-state index in [-0.39, 0.29) is 5.91 Å². The maximum absolute atomic E-state index is 14.1. The molecule has 2 fully saturated rings. The number of aliphatic imine (C=N–C) groups is 1. The van der Waals surface area contributed by atoms with Crippen molar-refractivity contribution in [3.05, 3.63) is 89.8 Å². The monoisotopic (exact) mass is 468 g/mol. The van der Waals surface area contributed by atoms with E-state index in [1.807, 2.05) is 31.2 Å². The SMILES string of the molecule is C=C(/N=C(/C)C=C(C)C)N1CCC2(CC1)C(=O)N(Cc1ccccc1-c1ccco1)CC[C]1C=C12. The van der Waals surface area contributed by atoms with Crippen LogP contribution in [0.4, 0.5) is 0 Å². The first-order valence-electron chi connectivity index (χ1n) is 12.5. The van der Waals surface area contributed by atoms with Crippen molar-refractivity contribution >= 4 is 11.6 Å².